The number of fused-ring (bicyclic) bond motifs is 7. The molecule has 63 heavy (non-hydrogen) atoms. The first-order valence-electron chi connectivity index (χ1n) is 23.5. The van der Waals surface area contributed by atoms with E-state index in [4.69, 9.17) is 33.2 Å². The maximum absolute atomic E-state index is 11.2. The van der Waals surface area contributed by atoms with Crippen molar-refractivity contribution in [2.45, 2.75) is 196 Å². The van der Waals surface area contributed by atoms with Gasteiger partial charge in [0.1, 0.15) is 79.4 Å². The Hall–Kier alpha value is -1.14. The molecule has 0 unspecified atom stereocenters. The zero-order valence-electron chi connectivity index (χ0n) is 37.0. The maximum atomic E-state index is 11.2. The van der Waals surface area contributed by atoms with Gasteiger partial charge >= 0.3 is 0 Å². The molecule has 4 saturated carbocycles. The SMILES string of the molecule is CC1=C(CC[C@H](C)CO[C@@H]2O[C@H](CO)[C@@H](O)[C@H](O)[C@H]2O)O[C@@H]2C[C@@H]3[C@@H]4CC[C@@H]5C[C@@H](O[C@@H]6O[C@H](CO)[C@H](O)[C@H](O)[C@H]6O[C@@H]6O[C@H](CO)[C@@H](O)[C@H](O)[C@H]6O)CC[C@]5(C)[C@H]4CC[C@]3(C)[C@H]12. The van der Waals surface area contributed by atoms with Gasteiger partial charge < -0.3 is 89.3 Å². The molecule has 8 rings (SSSR count). The molecule has 0 bridgehead atoms. The molecule has 3 saturated heterocycles. The molecule has 0 spiro atoms. The zero-order valence-corrected chi connectivity index (χ0v) is 37.0. The third-order valence-corrected chi connectivity index (χ3v) is 17.4. The molecule has 0 aromatic carbocycles. The van der Waals surface area contributed by atoms with Gasteiger partial charge in [0, 0.05) is 12.3 Å². The van der Waals surface area contributed by atoms with E-state index in [1.54, 1.807) is 0 Å². The molecule has 0 aromatic heterocycles. The molecule has 8 aliphatic rings. The first kappa shape index (κ1) is 48.3. The van der Waals surface area contributed by atoms with Crippen LogP contribution in [0.5, 0.6) is 0 Å². The topological polar surface area (TPSA) is 287 Å². The van der Waals surface area contributed by atoms with Crippen LogP contribution in [-0.2, 0) is 33.2 Å². The van der Waals surface area contributed by atoms with E-state index in [1.807, 2.05) is 0 Å². The fraction of sp³-hybridized carbons (Fsp3) is 0.956. The van der Waals surface area contributed by atoms with Crippen molar-refractivity contribution >= 4 is 0 Å². The molecule has 25 atom stereocenters. The quantitative estimate of drug-likeness (QED) is 0.101. The standard InChI is InChI=1S/C45H74O18/c1-19(18-57-41-38(55)35(52)32(49)28(15-46)60-41)5-8-26-20(2)31-27(59-26)14-25-23-7-6-21-13-22(9-11-44(21,3)24(23)10-12-45(25,31)4)58-43-40(37(54)34(51)30(17-48)62-43)63-42-39(56)36(53)33(50)29(16-47)61-42/h19,21-25,27-43,46-56H,5-18H2,1-4H3/t19-,21+,22-,23+,24-,25+,27+,28+,29+,30+,31+,32+,33+,34-,35-,36-,37-,38+,39+,40+,41+,42-,43+,44-,45-/m0/s1. The molecule has 18 nitrogen and oxygen atoms in total. The van der Waals surface area contributed by atoms with Crippen molar-refractivity contribution in [1.29, 1.82) is 0 Å². The van der Waals surface area contributed by atoms with Crippen molar-refractivity contribution in [2.75, 3.05) is 26.4 Å². The number of ether oxygens (including phenoxy) is 7. The molecular weight excluding hydrogens is 828 g/mol. The van der Waals surface area contributed by atoms with Gasteiger partial charge in [0.2, 0.25) is 0 Å². The van der Waals surface area contributed by atoms with Crippen LogP contribution in [0.2, 0.25) is 0 Å². The number of hydrogen-bond donors (Lipinski definition) is 11. The Morgan fingerprint density at radius 2 is 1.22 bits per heavy atom. The van der Waals surface area contributed by atoms with E-state index in [9.17, 15) is 56.2 Å². The Morgan fingerprint density at radius 3 is 1.87 bits per heavy atom. The number of aliphatic hydroxyl groups is 11. The summed E-state index contributed by atoms with van der Waals surface area (Å²) in [7, 11) is 0. The smallest absolute Gasteiger partial charge is 0.187 e. The third kappa shape index (κ3) is 8.68. The van der Waals surface area contributed by atoms with Gasteiger partial charge in [0.25, 0.3) is 0 Å². The number of hydrogen-bond acceptors (Lipinski definition) is 18. The highest BCUT2D eigenvalue weighted by Gasteiger charge is 2.65. The normalized spacial score (nSPS) is 52.7. The number of rotatable bonds is 13. The van der Waals surface area contributed by atoms with Crippen LogP contribution in [-0.4, -0.2) is 187 Å². The van der Waals surface area contributed by atoms with E-state index < -0.39 is 112 Å². The summed E-state index contributed by atoms with van der Waals surface area (Å²) in [4.78, 5) is 0. The molecule has 18 heteroatoms. The summed E-state index contributed by atoms with van der Waals surface area (Å²) in [5.41, 5.74) is 1.57. The summed E-state index contributed by atoms with van der Waals surface area (Å²) in [5, 5.41) is 113. The molecule has 4 aliphatic heterocycles. The zero-order chi connectivity index (χ0) is 45.3. The number of allylic oxidation sites excluding steroid dienone is 1. The predicted octanol–water partition coefficient (Wildman–Crippen LogP) is -0.830. The molecule has 11 N–H and O–H groups in total. The highest BCUT2D eigenvalue weighted by molar-refractivity contribution is 5.26. The van der Waals surface area contributed by atoms with Gasteiger partial charge in [-0.3, -0.25) is 0 Å². The molecule has 0 radical (unpaired) electrons. The Morgan fingerprint density at radius 1 is 0.635 bits per heavy atom. The minimum Gasteiger partial charge on any atom is -0.494 e. The highest BCUT2D eigenvalue weighted by Crippen LogP contribution is 2.70. The van der Waals surface area contributed by atoms with E-state index in [0.29, 0.717) is 29.6 Å². The van der Waals surface area contributed by atoms with Crippen LogP contribution < -0.4 is 0 Å². The van der Waals surface area contributed by atoms with E-state index in [-0.39, 0.29) is 35.6 Å². The maximum Gasteiger partial charge on any atom is 0.187 e. The van der Waals surface area contributed by atoms with Gasteiger partial charge in [-0.25, -0.2) is 0 Å². The first-order valence-corrected chi connectivity index (χ1v) is 23.5. The number of aliphatic hydroxyl groups excluding tert-OH is 11. The highest BCUT2D eigenvalue weighted by atomic mass is 16.8. The lowest BCUT2D eigenvalue weighted by Gasteiger charge is -2.61. The first-order chi connectivity index (χ1) is 29.9. The summed E-state index contributed by atoms with van der Waals surface area (Å²) in [6, 6.07) is 0. The van der Waals surface area contributed by atoms with Crippen LogP contribution in [0.25, 0.3) is 0 Å². The predicted molar refractivity (Wildman–Crippen MR) is 218 cm³/mol. The van der Waals surface area contributed by atoms with E-state index in [0.717, 1.165) is 70.0 Å². The summed E-state index contributed by atoms with van der Waals surface area (Å²) in [5.74, 6) is 3.56. The minimum atomic E-state index is -1.74. The summed E-state index contributed by atoms with van der Waals surface area (Å²) < 4.78 is 42.2. The van der Waals surface area contributed by atoms with Crippen molar-refractivity contribution in [3.8, 4) is 0 Å². The van der Waals surface area contributed by atoms with Crippen molar-refractivity contribution in [3.63, 3.8) is 0 Å². The second-order valence-corrected chi connectivity index (χ2v) is 20.9. The van der Waals surface area contributed by atoms with Crippen molar-refractivity contribution < 1.29 is 89.3 Å². The second-order valence-electron chi connectivity index (χ2n) is 20.9. The van der Waals surface area contributed by atoms with Crippen molar-refractivity contribution in [2.24, 2.45) is 46.3 Å². The third-order valence-electron chi connectivity index (χ3n) is 17.4. The Kier molecular flexibility index (Phi) is 14.6. The van der Waals surface area contributed by atoms with Crippen LogP contribution in [0.3, 0.4) is 0 Å². The fourth-order valence-corrected chi connectivity index (χ4v) is 13.7. The largest absolute Gasteiger partial charge is 0.494 e. The molecule has 4 heterocycles. The lowest BCUT2D eigenvalue weighted by molar-refractivity contribution is -0.373. The van der Waals surface area contributed by atoms with E-state index >= 15 is 0 Å². The van der Waals surface area contributed by atoms with E-state index in [2.05, 4.69) is 27.7 Å². The lowest BCUT2D eigenvalue weighted by Crippen LogP contribution is -2.65. The van der Waals surface area contributed by atoms with Crippen LogP contribution in [0.15, 0.2) is 11.3 Å². The van der Waals surface area contributed by atoms with Gasteiger partial charge in [-0.15, -0.1) is 0 Å². The van der Waals surface area contributed by atoms with Crippen LogP contribution in [0.4, 0.5) is 0 Å². The molecule has 0 amide bonds. The average molecular weight is 903 g/mol. The lowest BCUT2D eigenvalue weighted by atomic mass is 9.44. The summed E-state index contributed by atoms with van der Waals surface area (Å²) in [6.45, 7) is 7.74. The molecule has 4 aliphatic carbocycles. The van der Waals surface area contributed by atoms with E-state index in [1.165, 1.54) is 5.57 Å². The summed E-state index contributed by atoms with van der Waals surface area (Å²) in [6.07, 6.45) is -12.1. The van der Waals surface area contributed by atoms with Gasteiger partial charge in [-0.2, -0.15) is 0 Å². The Labute approximate surface area is 369 Å². The van der Waals surface area contributed by atoms with Crippen LogP contribution in [0.1, 0.15) is 91.9 Å². The molecule has 362 valence electrons. The average Bonchev–Trinajstić information content (AvgIpc) is 3.76. The fourth-order valence-electron chi connectivity index (χ4n) is 13.7. The van der Waals surface area contributed by atoms with Gasteiger partial charge in [0.05, 0.1) is 38.3 Å². The molecule has 7 fully saturated rings. The Bertz CT molecular complexity index is 1580. The van der Waals surface area contributed by atoms with Gasteiger partial charge in [0.15, 0.2) is 18.9 Å². The van der Waals surface area contributed by atoms with Crippen molar-refractivity contribution in [3.05, 3.63) is 11.3 Å². The van der Waals surface area contributed by atoms with Crippen molar-refractivity contribution in [1.82, 2.24) is 0 Å². The van der Waals surface area contributed by atoms with Crippen LogP contribution in [0, 0.1) is 46.3 Å². The van der Waals surface area contributed by atoms with Gasteiger partial charge in [-0.05, 0) is 111 Å². The Balaban J connectivity index is 0.872. The minimum absolute atomic E-state index is 0.0928. The molecule has 0 aromatic rings. The summed E-state index contributed by atoms with van der Waals surface area (Å²) >= 11 is 0. The monoisotopic (exact) mass is 902 g/mol. The second kappa shape index (κ2) is 19.1. The molecular formula is C45H74O18. The van der Waals surface area contributed by atoms with Gasteiger partial charge in [-0.1, -0.05) is 20.8 Å². The van der Waals surface area contributed by atoms with Crippen LogP contribution >= 0.6 is 0 Å².